The van der Waals surface area contributed by atoms with Gasteiger partial charge in [0.25, 0.3) is 15.7 Å². The zero-order chi connectivity index (χ0) is 24.6. The number of hydrogen-bond acceptors (Lipinski definition) is 7. The maximum Gasteiger partial charge on any atom is 0.269 e. The maximum atomic E-state index is 13.0. The topological polar surface area (TPSA) is 121 Å². The van der Waals surface area contributed by atoms with Crippen molar-refractivity contribution >= 4 is 26.7 Å². The molecule has 0 saturated heterocycles. The average molecular weight is 486 g/mol. The van der Waals surface area contributed by atoms with Gasteiger partial charge in [0.1, 0.15) is 6.33 Å². The van der Waals surface area contributed by atoms with Crippen molar-refractivity contribution in [3.63, 3.8) is 0 Å². The number of rotatable bonds is 6. The molecule has 35 heavy (non-hydrogen) atoms. The summed E-state index contributed by atoms with van der Waals surface area (Å²) >= 11 is 0. The molecule has 3 heterocycles. The summed E-state index contributed by atoms with van der Waals surface area (Å²) in [6, 6.07) is 18.3. The molecule has 174 valence electrons. The normalized spacial score (nSPS) is 11.6. The van der Waals surface area contributed by atoms with Crippen LogP contribution in [-0.2, 0) is 16.4 Å². The Bertz CT molecular complexity index is 1680. The van der Waals surface area contributed by atoms with Crippen LogP contribution in [0, 0.1) is 17.0 Å². The highest BCUT2D eigenvalue weighted by Gasteiger charge is 2.20. The van der Waals surface area contributed by atoms with Crippen LogP contribution in [-0.4, -0.2) is 32.3 Å². The largest absolute Gasteiger partial charge is 0.269 e. The van der Waals surface area contributed by atoms with Crippen molar-refractivity contribution in [2.75, 3.05) is 0 Å². The van der Waals surface area contributed by atoms with Gasteiger partial charge < -0.3 is 0 Å². The minimum Gasteiger partial charge on any atom is -0.258 e. The van der Waals surface area contributed by atoms with E-state index in [0.29, 0.717) is 34.4 Å². The highest BCUT2D eigenvalue weighted by Crippen LogP contribution is 2.26. The summed E-state index contributed by atoms with van der Waals surface area (Å²) < 4.78 is 27.2. The zero-order valence-electron chi connectivity index (χ0n) is 18.6. The number of aromatic nitrogens is 4. The monoisotopic (exact) mass is 485 g/mol. The molecule has 3 aromatic heterocycles. The predicted octanol–water partition coefficient (Wildman–Crippen LogP) is 4.54. The van der Waals surface area contributed by atoms with Crippen LogP contribution in [0.15, 0.2) is 90.3 Å². The van der Waals surface area contributed by atoms with Crippen LogP contribution >= 0.6 is 0 Å². The highest BCUT2D eigenvalue weighted by atomic mass is 32.2. The number of nitro benzene ring substituents is 1. The minimum absolute atomic E-state index is 0.0319. The van der Waals surface area contributed by atoms with E-state index in [-0.39, 0.29) is 10.6 Å². The van der Waals surface area contributed by atoms with E-state index < -0.39 is 14.9 Å². The summed E-state index contributed by atoms with van der Waals surface area (Å²) in [5, 5.41) is 11.8. The lowest BCUT2D eigenvalue weighted by atomic mass is 10.0. The molecule has 0 aliphatic carbocycles. The van der Waals surface area contributed by atoms with Gasteiger partial charge in [0.15, 0.2) is 5.65 Å². The van der Waals surface area contributed by atoms with Crippen LogP contribution in [0.1, 0.15) is 16.8 Å². The molecular formula is C25H19N5O4S. The molecule has 0 atom stereocenters. The first-order chi connectivity index (χ1) is 16.8. The second kappa shape index (κ2) is 8.73. The summed E-state index contributed by atoms with van der Waals surface area (Å²) in [7, 11) is -3.77. The van der Waals surface area contributed by atoms with E-state index in [2.05, 4.69) is 15.0 Å². The van der Waals surface area contributed by atoms with Crippen molar-refractivity contribution in [3.05, 3.63) is 112 Å². The highest BCUT2D eigenvalue weighted by molar-refractivity contribution is 7.90. The van der Waals surface area contributed by atoms with Gasteiger partial charge in [-0.2, -0.15) is 0 Å². The van der Waals surface area contributed by atoms with E-state index in [1.807, 2.05) is 13.0 Å². The first-order valence-electron chi connectivity index (χ1n) is 10.7. The number of benzene rings is 2. The quantitative estimate of drug-likeness (QED) is 0.256. The Morgan fingerprint density at radius 1 is 0.971 bits per heavy atom. The number of hydrogen-bond donors (Lipinski definition) is 0. The number of nitro groups is 1. The van der Waals surface area contributed by atoms with E-state index in [9.17, 15) is 18.5 Å². The molecule has 0 saturated carbocycles. The van der Waals surface area contributed by atoms with Gasteiger partial charge in [-0.1, -0.05) is 24.3 Å². The Kier molecular flexibility index (Phi) is 5.58. The van der Waals surface area contributed by atoms with Crippen LogP contribution in [0.2, 0.25) is 0 Å². The van der Waals surface area contributed by atoms with Gasteiger partial charge in [-0.25, -0.2) is 27.3 Å². The molecule has 5 aromatic rings. The molecule has 0 bridgehead atoms. The molecule has 10 heteroatoms. The summed E-state index contributed by atoms with van der Waals surface area (Å²) in [5.41, 5.74) is 4.10. The van der Waals surface area contributed by atoms with Gasteiger partial charge in [0.05, 0.1) is 15.5 Å². The summed E-state index contributed by atoms with van der Waals surface area (Å²) in [4.78, 5) is 24.0. The third-order valence-electron chi connectivity index (χ3n) is 5.73. The van der Waals surface area contributed by atoms with Crippen molar-refractivity contribution in [1.29, 1.82) is 0 Å². The number of pyridine rings is 1. The molecule has 0 amide bonds. The molecule has 2 aromatic carbocycles. The summed E-state index contributed by atoms with van der Waals surface area (Å²) in [6.07, 6.45) is 4.90. The summed E-state index contributed by atoms with van der Waals surface area (Å²) in [6.45, 7) is 1.90. The lowest BCUT2D eigenvalue weighted by molar-refractivity contribution is -0.384. The van der Waals surface area contributed by atoms with Crippen molar-refractivity contribution in [2.45, 2.75) is 18.2 Å². The van der Waals surface area contributed by atoms with E-state index >= 15 is 0 Å². The fourth-order valence-corrected chi connectivity index (χ4v) is 5.18. The van der Waals surface area contributed by atoms with Crippen molar-refractivity contribution < 1.29 is 13.3 Å². The average Bonchev–Trinajstić information content (AvgIpc) is 3.30. The molecule has 5 rings (SSSR count). The van der Waals surface area contributed by atoms with Crippen LogP contribution < -0.4 is 0 Å². The van der Waals surface area contributed by atoms with E-state index in [1.165, 1.54) is 18.6 Å². The smallest absolute Gasteiger partial charge is 0.258 e. The molecule has 0 N–H and O–H groups in total. The van der Waals surface area contributed by atoms with Gasteiger partial charge >= 0.3 is 0 Å². The minimum atomic E-state index is -3.77. The van der Waals surface area contributed by atoms with Crippen molar-refractivity contribution in [3.8, 4) is 11.3 Å². The van der Waals surface area contributed by atoms with Crippen LogP contribution in [0.25, 0.3) is 22.3 Å². The maximum absolute atomic E-state index is 13.0. The standard InChI is InChI=1S/C25H19N5O4S/c1-17-7-8-22(30(31)32)13-19(17)12-21-14-24(28-16-27-21)20-11-18-9-10-29(25(18)26-15-20)35(33,34)23-5-3-2-4-6-23/h2-11,13-16H,12H2,1H3. The fourth-order valence-electron chi connectivity index (χ4n) is 3.85. The first-order valence-corrected chi connectivity index (χ1v) is 12.1. The number of aryl methyl sites for hydroxylation is 1. The molecule has 0 aliphatic rings. The molecule has 9 nitrogen and oxygen atoms in total. The Hall–Kier alpha value is -4.44. The second-order valence-corrected chi connectivity index (χ2v) is 9.82. The molecular weight excluding hydrogens is 466 g/mol. The Labute approximate surface area is 201 Å². The molecule has 0 radical (unpaired) electrons. The van der Waals surface area contributed by atoms with E-state index in [0.717, 1.165) is 15.1 Å². The van der Waals surface area contributed by atoms with Gasteiger partial charge in [-0.3, -0.25) is 10.1 Å². The summed E-state index contributed by atoms with van der Waals surface area (Å²) in [5.74, 6) is 0. The molecule has 0 spiro atoms. The van der Waals surface area contributed by atoms with Crippen LogP contribution in [0.5, 0.6) is 0 Å². The van der Waals surface area contributed by atoms with Crippen molar-refractivity contribution in [1.82, 2.24) is 18.9 Å². The van der Waals surface area contributed by atoms with Gasteiger partial charge in [-0.05, 0) is 48.4 Å². The number of nitrogens with zero attached hydrogens (tertiary/aromatic N) is 5. The van der Waals surface area contributed by atoms with Crippen LogP contribution in [0.4, 0.5) is 5.69 Å². The Balaban J connectivity index is 1.48. The fraction of sp³-hybridized carbons (Fsp3) is 0.0800. The predicted molar refractivity (Wildman–Crippen MR) is 130 cm³/mol. The number of non-ortho nitro benzene ring substituents is 1. The van der Waals surface area contributed by atoms with E-state index in [1.54, 1.807) is 60.8 Å². The molecule has 0 unspecified atom stereocenters. The SMILES string of the molecule is Cc1ccc([N+](=O)[O-])cc1Cc1cc(-c2cnc3c(ccn3S(=O)(=O)c3ccccc3)c2)ncn1. The Morgan fingerprint density at radius 3 is 2.54 bits per heavy atom. The third kappa shape index (κ3) is 4.26. The lowest BCUT2D eigenvalue weighted by Crippen LogP contribution is -2.12. The van der Waals surface area contributed by atoms with Crippen LogP contribution in [0.3, 0.4) is 0 Å². The first kappa shape index (κ1) is 22.4. The second-order valence-electron chi connectivity index (χ2n) is 8.01. The van der Waals surface area contributed by atoms with Gasteiger partial charge in [0.2, 0.25) is 0 Å². The number of fused-ring (bicyclic) bond motifs is 1. The zero-order valence-corrected chi connectivity index (χ0v) is 19.4. The molecule has 0 aliphatic heterocycles. The molecule has 0 fully saturated rings. The Morgan fingerprint density at radius 2 is 1.77 bits per heavy atom. The van der Waals surface area contributed by atoms with Gasteiger partial charge in [-0.15, -0.1) is 0 Å². The lowest BCUT2D eigenvalue weighted by Gasteiger charge is -2.08. The van der Waals surface area contributed by atoms with E-state index in [4.69, 9.17) is 0 Å². The van der Waals surface area contributed by atoms with Gasteiger partial charge in [0, 0.05) is 47.6 Å². The van der Waals surface area contributed by atoms with Crippen molar-refractivity contribution in [2.24, 2.45) is 0 Å². The third-order valence-corrected chi connectivity index (χ3v) is 7.41.